The third-order valence-electron chi connectivity index (χ3n) is 3.59. The van der Waals surface area contributed by atoms with Crippen LogP contribution in [-0.2, 0) is 0 Å². The van der Waals surface area contributed by atoms with Crippen molar-refractivity contribution >= 4 is 26.7 Å². The van der Waals surface area contributed by atoms with Gasteiger partial charge in [-0.05, 0) is 34.7 Å². The summed E-state index contributed by atoms with van der Waals surface area (Å²) in [6.45, 7) is 0. The average Bonchev–Trinajstić information content (AvgIpc) is 3.14. The minimum atomic E-state index is 0.181. The Morgan fingerprint density at radius 3 is 2.53 bits per heavy atom. The molecule has 0 bridgehead atoms. The van der Waals surface area contributed by atoms with Crippen molar-refractivity contribution in [1.82, 2.24) is 0 Å². The fourth-order valence-electron chi connectivity index (χ4n) is 2.45. The zero-order valence-corrected chi connectivity index (χ0v) is 11.3. The standard InChI is InChI=1S/C15H16BrN/c16-14-8-7-13(15(17)9-10-5-6-10)11-3-1-2-4-12(11)14/h1-4,7-8,10,15H,5-6,9,17H2. The van der Waals surface area contributed by atoms with Gasteiger partial charge in [-0.15, -0.1) is 0 Å². The van der Waals surface area contributed by atoms with E-state index in [0.717, 1.165) is 16.8 Å². The molecule has 1 saturated carbocycles. The van der Waals surface area contributed by atoms with Crippen molar-refractivity contribution in [2.75, 3.05) is 0 Å². The Labute approximate surface area is 110 Å². The van der Waals surface area contributed by atoms with Gasteiger partial charge in [0.05, 0.1) is 0 Å². The molecule has 1 unspecified atom stereocenters. The number of rotatable bonds is 3. The Morgan fingerprint density at radius 2 is 1.82 bits per heavy atom. The molecule has 2 N–H and O–H groups in total. The van der Waals surface area contributed by atoms with E-state index < -0.39 is 0 Å². The summed E-state index contributed by atoms with van der Waals surface area (Å²) >= 11 is 3.60. The first-order valence-corrected chi connectivity index (χ1v) is 6.98. The monoisotopic (exact) mass is 289 g/mol. The van der Waals surface area contributed by atoms with Gasteiger partial charge in [-0.25, -0.2) is 0 Å². The molecule has 0 aliphatic heterocycles. The fourth-order valence-corrected chi connectivity index (χ4v) is 2.93. The van der Waals surface area contributed by atoms with Crippen molar-refractivity contribution in [2.24, 2.45) is 11.7 Å². The Kier molecular flexibility index (Phi) is 2.93. The van der Waals surface area contributed by atoms with Crippen molar-refractivity contribution in [3.05, 3.63) is 46.4 Å². The predicted octanol–water partition coefficient (Wildman–Crippen LogP) is 4.40. The van der Waals surface area contributed by atoms with Crippen molar-refractivity contribution in [3.8, 4) is 0 Å². The molecule has 0 heterocycles. The van der Waals surface area contributed by atoms with Crippen LogP contribution in [0, 0.1) is 5.92 Å². The minimum Gasteiger partial charge on any atom is -0.324 e. The van der Waals surface area contributed by atoms with Crippen molar-refractivity contribution in [1.29, 1.82) is 0 Å². The second kappa shape index (κ2) is 4.43. The van der Waals surface area contributed by atoms with E-state index in [1.54, 1.807) is 0 Å². The van der Waals surface area contributed by atoms with Crippen LogP contribution in [0.15, 0.2) is 40.9 Å². The summed E-state index contributed by atoms with van der Waals surface area (Å²) in [5.74, 6) is 0.868. The van der Waals surface area contributed by atoms with Crippen molar-refractivity contribution in [2.45, 2.75) is 25.3 Å². The van der Waals surface area contributed by atoms with Gasteiger partial charge in [0, 0.05) is 10.5 Å². The minimum absolute atomic E-state index is 0.181. The first-order chi connectivity index (χ1) is 8.25. The molecule has 0 aromatic heterocycles. The summed E-state index contributed by atoms with van der Waals surface area (Å²) in [7, 11) is 0. The lowest BCUT2D eigenvalue weighted by Crippen LogP contribution is -2.11. The Morgan fingerprint density at radius 1 is 1.12 bits per heavy atom. The van der Waals surface area contributed by atoms with Gasteiger partial charge in [-0.3, -0.25) is 0 Å². The van der Waals surface area contributed by atoms with Crippen LogP contribution in [0.25, 0.3) is 10.8 Å². The Balaban J connectivity index is 2.05. The van der Waals surface area contributed by atoms with E-state index in [-0.39, 0.29) is 6.04 Å². The molecule has 0 saturated heterocycles. The highest BCUT2D eigenvalue weighted by atomic mass is 79.9. The molecule has 0 amide bonds. The van der Waals surface area contributed by atoms with E-state index >= 15 is 0 Å². The molecule has 1 aliphatic rings. The lowest BCUT2D eigenvalue weighted by atomic mass is 9.96. The summed E-state index contributed by atoms with van der Waals surface area (Å²) in [4.78, 5) is 0. The van der Waals surface area contributed by atoms with Crippen LogP contribution in [-0.4, -0.2) is 0 Å². The van der Waals surface area contributed by atoms with E-state index in [0.29, 0.717) is 0 Å². The molecular formula is C15H16BrN. The molecule has 3 rings (SSSR count). The van der Waals surface area contributed by atoms with Crippen LogP contribution < -0.4 is 5.73 Å². The van der Waals surface area contributed by atoms with Crippen LogP contribution in [0.2, 0.25) is 0 Å². The average molecular weight is 290 g/mol. The predicted molar refractivity (Wildman–Crippen MR) is 75.9 cm³/mol. The number of hydrogen-bond donors (Lipinski definition) is 1. The lowest BCUT2D eigenvalue weighted by Gasteiger charge is -2.15. The molecule has 88 valence electrons. The normalized spacial score (nSPS) is 17.3. The van der Waals surface area contributed by atoms with E-state index in [9.17, 15) is 0 Å². The number of fused-ring (bicyclic) bond motifs is 1. The molecule has 17 heavy (non-hydrogen) atoms. The number of nitrogens with two attached hydrogens (primary N) is 1. The molecule has 0 spiro atoms. The smallest absolute Gasteiger partial charge is 0.0303 e. The van der Waals surface area contributed by atoms with Gasteiger partial charge in [0.15, 0.2) is 0 Å². The maximum absolute atomic E-state index is 6.34. The molecule has 1 atom stereocenters. The first kappa shape index (κ1) is 11.2. The zero-order valence-electron chi connectivity index (χ0n) is 9.70. The molecule has 1 nitrogen and oxygen atoms in total. The van der Waals surface area contributed by atoms with Crippen LogP contribution in [0.1, 0.15) is 30.9 Å². The van der Waals surface area contributed by atoms with E-state index in [2.05, 4.69) is 52.3 Å². The molecule has 2 aromatic carbocycles. The number of hydrogen-bond acceptors (Lipinski definition) is 1. The van der Waals surface area contributed by atoms with Crippen LogP contribution in [0.5, 0.6) is 0 Å². The van der Waals surface area contributed by atoms with E-state index in [1.807, 2.05) is 0 Å². The van der Waals surface area contributed by atoms with Gasteiger partial charge in [0.1, 0.15) is 0 Å². The highest BCUT2D eigenvalue weighted by Gasteiger charge is 2.25. The van der Waals surface area contributed by atoms with Crippen LogP contribution in [0.4, 0.5) is 0 Å². The Bertz CT molecular complexity index is 546. The molecule has 1 aliphatic carbocycles. The van der Waals surface area contributed by atoms with Crippen molar-refractivity contribution in [3.63, 3.8) is 0 Å². The van der Waals surface area contributed by atoms with Gasteiger partial charge < -0.3 is 5.73 Å². The van der Waals surface area contributed by atoms with E-state index in [4.69, 9.17) is 5.73 Å². The first-order valence-electron chi connectivity index (χ1n) is 6.18. The molecule has 0 radical (unpaired) electrons. The Hall–Kier alpha value is -0.860. The maximum atomic E-state index is 6.34. The molecule has 1 fully saturated rings. The SMILES string of the molecule is NC(CC1CC1)c1ccc(Br)c2ccccc12. The van der Waals surface area contributed by atoms with Crippen LogP contribution >= 0.6 is 15.9 Å². The third kappa shape index (κ3) is 2.24. The highest BCUT2D eigenvalue weighted by Crippen LogP contribution is 2.38. The highest BCUT2D eigenvalue weighted by molar-refractivity contribution is 9.10. The quantitative estimate of drug-likeness (QED) is 0.890. The molecular weight excluding hydrogens is 274 g/mol. The lowest BCUT2D eigenvalue weighted by molar-refractivity contribution is 0.600. The molecule has 2 aromatic rings. The molecule has 2 heteroatoms. The number of halogens is 1. The summed E-state index contributed by atoms with van der Waals surface area (Å²) in [5, 5.41) is 2.55. The van der Waals surface area contributed by atoms with Gasteiger partial charge in [0.25, 0.3) is 0 Å². The van der Waals surface area contributed by atoms with Gasteiger partial charge in [-0.1, -0.05) is 59.1 Å². The van der Waals surface area contributed by atoms with Gasteiger partial charge in [0.2, 0.25) is 0 Å². The topological polar surface area (TPSA) is 26.0 Å². The second-order valence-electron chi connectivity index (χ2n) is 4.97. The van der Waals surface area contributed by atoms with Crippen molar-refractivity contribution < 1.29 is 0 Å². The fraction of sp³-hybridized carbons (Fsp3) is 0.333. The summed E-state index contributed by atoms with van der Waals surface area (Å²) < 4.78 is 1.15. The largest absolute Gasteiger partial charge is 0.324 e. The number of benzene rings is 2. The summed E-state index contributed by atoms with van der Waals surface area (Å²) in [6.07, 6.45) is 3.86. The van der Waals surface area contributed by atoms with Gasteiger partial charge in [-0.2, -0.15) is 0 Å². The maximum Gasteiger partial charge on any atom is 0.0303 e. The second-order valence-corrected chi connectivity index (χ2v) is 5.82. The summed E-state index contributed by atoms with van der Waals surface area (Å²) in [6, 6.07) is 12.9. The van der Waals surface area contributed by atoms with Crippen LogP contribution in [0.3, 0.4) is 0 Å². The third-order valence-corrected chi connectivity index (χ3v) is 4.28. The van der Waals surface area contributed by atoms with Gasteiger partial charge >= 0.3 is 0 Å². The summed E-state index contributed by atoms with van der Waals surface area (Å²) in [5.41, 5.74) is 7.62. The van der Waals surface area contributed by atoms with E-state index in [1.165, 1.54) is 29.2 Å². The zero-order chi connectivity index (χ0) is 11.8.